The fourth-order valence-corrected chi connectivity index (χ4v) is 3.15. The Labute approximate surface area is 158 Å². The van der Waals surface area contributed by atoms with E-state index in [2.05, 4.69) is 9.97 Å². The third-order valence-electron chi connectivity index (χ3n) is 4.24. The minimum atomic E-state index is -1.02. The normalized spacial score (nSPS) is 15.5. The standard InChI is InChI=1S/C18H19N3O7/c1-4-27-17(23)11-10(8-6-5-7-9(25-2)13(8)26-3)12-15(22)20-18(24)21-16(12)28-14(11)19/h5-7,10H,4,19H2,1-3H3,(H2,20,21,22,24)/t10-/m1/s1. The van der Waals surface area contributed by atoms with Crippen molar-refractivity contribution in [1.29, 1.82) is 0 Å². The Balaban J connectivity index is 2.36. The van der Waals surface area contributed by atoms with E-state index in [-0.39, 0.29) is 29.5 Å². The molecule has 1 aromatic carbocycles. The number of nitrogens with two attached hydrogens (primary N) is 1. The number of esters is 1. The molecule has 0 saturated carbocycles. The lowest BCUT2D eigenvalue weighted by Gasteiger charge is -2.28. The van der Waals surface area contributed by atoms with Crippen molar-refractivity contribution in [3.05, 3.63) is 61.6 Å². The monoisotopic (exact) mass is 389 g/mol. The van der Waals surface area contributed by atoms with Crippen molar-refractivity contribution in [2.75, 3.05) is 20.8 Å². The van der Waals surface area contributed by atoms with Crippen molar-refractivity contribution in [2.45, 2.75) is 12.8 Å². The number of hydrogen-bond donors (Lipinski definition) is 3. The minimum absolute atomic E-state index is 0.0107. The zero-order chi connectivity index (χ0) is 20.4. The van der Waals surface area contributed by atoms with Gasteiger partial charge in [-0.1, -0.05) is 12.1 Å². The lowest BCUT2D eigenvalue weighted by molar-refractivity contribution is -0.139. The number of para-hydroxylation sites is 1. The zero-order valence-electron chi connectivity index (χ0n) is 15.5. The predicted molar refractivity (Wildman–Crippen MR) is 97.5 cm³/mol. The number of carbonyl (C=O) groups is 1. The van der Waals surface area contributed by atoms with E-state index < -0.39 is 23.1 Å². The lowest BCUT2D eigenvalue weighted by Crippen LogP contribution is -2.36. The molecule has 1 aliphatic rings. The molecule has 0 radical (unpaired) electrons. The molecule has 28 heavy (non-hydrogen) atoms. The topological polar surface area (TPSA) is 146 Å². The summed E-state index contributed by atoms with van der Waals surface area (Å²) in [5, 5.41) is 0. The fourth-order valence-electron chi connectivity index (χ4n) is 3.15. The van der Waals surface area contributed by atoms with Crippen molar-refractivity contribution in [2.24, 2.45) is 5.73 Å². The first-order valence-electron chi connectivity index (χ1n) is 8.34. The summed E-state index contributed by atoms with van der Waals surface area (Å²) in [6.07, 6.45) is 0. The molecule has 1 atom stereocenters. The van der Waals surface area contributed by atoms with Crippen LogP contribution in [0.3, 0.4) is 0 Å². The largest absolute Gasteiger partial charge is 0.493 e. The van der Waals surface area contributed by atoms with Crippen LogP contribution < -0.4 is 31.2 Å². The van der Waals surface area contributed by atoms with Crippen LogP contribution in [0.5, 0.6) is 17.4 Å². The second kappa shape index (κ2) is 7.51. The maximum Gasteiger partial charge on any atom is 0.340 e. The van der Waals surface area contributed by atoms with Gasteiger partial charge in [0, 0.05) is 5.56 Å². The molecule has 0 amide bonds. The highest BCUT2D eigenvalue weighted by molar-refractivity contribution is 5.92. The van der Waals surface area contributed by atoms with Gasteiger partial charge in [-0.25, -0.2) is 9.59 Å². The Morgan fingerprint density at radius 3 is 2.61 bits per heavy atom. The van der Waals surface area contributed by atoms with E-state index in [1.54, 1.807) is 25.1 Å². The highest BCUT2D eigenvalue weighted by Crippen LogP contribution is 2.45. The van der Waals surface area contributed by atoms with Gasteiger partial charge in [0.05, 0.1) is 32.3 Å². The number of carbonyl (C=O) groups excluding carboxylic acids is 1. The first kappa shape index (κ1) is 19.1. The average Bonchev–Trinajstić information content (AvgIpc) is 2.65. The number of ether oxygens (including phenoxy) is 4. The summed E-state index contributed by atoms with van der Waals surface area (Å²) in [7, 11) is 2.89. The maximum absolute atomic E-state index is 12.6. The number of H-pyrrole nitrogens is 2. The van der Waals surface area contributed by atoms with E-state index in [1.165, 1.54) is 14.2 Å². The predicted octanol–water partition coefficient (Wildman–Crippen LogP) is 0.338. The highest BCUT2D eigenvalue weighted by Gasteiger charge is 2.40. The van der Waals surface area contributed by atoms with Gasteiger partial charge in [0.15, 0.2) is 11.5 Å². The molecule has 0 spiro atoms. The van der Waals surface area contributed by atoms with Gasteiger partial charge in [-0.05, 0) is 13.0 Å². The number of nitrogens with one attached hydrogen (secondary N) is 2. The molecule has 10 heteroatoms. The molecule has 0 saturated heterocycles. The quantitative estimate of drug-likeness (QED) is 0.621. The maximum atomic E-state index is 12.6. The van der Waals surface area contributed by atoms with Gasteiger partial charge < -0.3 is 24.7 Å². The molecule has 0 bridgehead atoms. The number of fused-ring (bicyclic) bond motifs is 1. The number of rotatable bonds is 5. The first-order chi connectivity index (χ1) is 13.4. The molecule has 4 N–H and O–H groups in total. The van der Waals surface area contributed by atoms with E-state index in [0.717, 1.165) is 0 Å². The van der Waals surface area contributed by atoms with Gasteiger partial charge in [-0.2, -0.15) is 0 Å². The van der Waals surface area contributed by atoms with Crippen LogP contribution in [-0.4, -0.2) is 36.8 Å². The highest BCUT2D eigenvalue weighted by atomic mass is 16.5. The molecule has 0 fully saturated rings. The molecule has 1 aromatic heterocycles. The van der Waals surface area contributed by atoms with E-state index in [0.29, 0.717) is 17.1 Å². The third kappa shape index (κ3) is 3.08. The van der Waals surface area contributed by atoms with Crippen LogP contribution in [0.1, 0.15) is 24.0 Å². The molecular weight excluding hydrogens is 370 g/mol. The Hall–Kier alpha value is -3.69. The Kier molecular flexibility index (Phi) is 5.12. The van der Waals surface area contributed by atoms with E-state index in [9.17, 15) is 14.4 Å². The number of aromatic nitrogens is 2. The van der Waals surface area contributed by atoms with Gasteiger partial charge in [-0.3, -0.25) is 14.8 Å². The van der Waals surface area contributed by atoms with Gasteiger partial charge in [0.2, 0.25) is 11.8 Å². The summed E-state index contributed by atoms with van der Waals surface area (Å²) in [6.45, 7) is 1.73. The molecule has 1 aliphatic heterocycles. The first-order valence-corrected chi connectivity index (χ1v) is 8.34. The van der Waals surface area contributed by atoms with Crippen molar-refractivity contribution >= 4 is 5.97 Å². The Bertz CT molecular complexity index is 1070. The lowest BCUT2D eigenvalue weighted by atomic mass is 9.83. The van der Waals surface area contributed by atoms with Crippen molar-refractivity contribution in [3.8, 4) is 17.4 Å². The van der Waals surface area contributed by atoms with Crippen LogP contribution in [0.2, 0.25) is 0 Å². The van der Waals surface area contributed by atoms with E-state index >= 15 is 0 Å². The fraction of sp³-hybridized carbons (Fsp3) is 0.278. The molecule has 0 unspecified atom stereocenters. The van der Waals surface area contributed by atoms with Crippen LogP contribution >= 0.6 is 0 Å². The smallest absolute Gasteiger partial charge is 0.340 e. The van der Waals surface area contributed by atoms with Crippen LogP contribution in [0, 0.1) is 0 Å². The molecule has 10 nitrogen and oxygen atoms in total. The molecule has 2 heterocycles. The molecular formula is C18H19N3O7. The van der Waals surface area contributed by atoms with Crippen LogP contribution in [0.15, 0.2) is 39.2 Å². The third-order valence-corrected chi connectivity index (χ3v) is 4.24. The summed E-state index contributed by atoms with van der Waals surface area (Å²) >= 11 is 0. The van der Waals surface area contributed by atoms with Gasteiger partial charge in [0.25, 0.3) is 5.56 Å². The summed E-state index contributed by atoms with van der Waals surface area (Å²) < 4.78 is 21.2. The van der Waals surface area contributed by atoms with Gasteiger partial charge >= 0.3 is 11.7 Å². The van der Waals surface area contributed by atoms with Crippen molar-refractivity contribution < 1.29 is 23.7 Å². The summed E-state index contributed by atoms with van der Waals surface area (Å²) in [5.74, 6) is -1.55. The molecule has 0 aliphatic carbocycles. The molecule has 148 valence electrons. The molecule has 2 aromatic rings. The summed E-state index contributed by atoms with van der Waals surface area (Å²) in [6, 6.07) is 4.99. The van der Waals surface area contributed by atoms with Crippen molar-refractivity contribution in [1.82, 2.24) is 9.97 Å². The van der Waals surface area contributed by atoms with Gasteiger partial charge in [-0.15, -0.1) is 0 Å². The van der Waals surface area contributed by atoms with Crippen LogP contribution in [0.4, 0.5) is 0 Å². The SMILES string of the molecule is CCOC(=O)C1=C(N)Oc2[nH]c(=O)[nH]c(=O)c2[C@@H]1c1cccc(OC)c1OC. The number of methoxy groups -OCH3 is 2. The Morgan fingerprint density at radius 2 is 1.96 bits per heavy atom. The van der Waals surface area contributed by atoms with Crippen LogP contribution in [-0.2, 0) is 9.53 Å². The second-order valence-corrected chi connectivity index (χ2v) is 5.77. The molecule has 3 rings (SSSR count). The minimum Gasteiger partial charge on any atom is -0.493 e. The second-order valence-electron chi connectivity index (χ2n) is 5.77. The Morgan fingerprint density at radius 1 is 1.21 bits per heavy atom. The zero-order valence-corrected chi connectivity index (χ0v) is 15.5. The summed E-state index contributed by atoms with van der Waals surface area (Å²) in [5.41, 5.74) is 4.78. The van der Waals surface area contributed by atoms with E-state index in [1.807, 2.05) is 0 Å². The number of benzene rings is 1. The average molecular weight is 389 g/mol. The van der Waals surface area contributed by atoms with E-state index in [4.69, 9.17) is 24.7 Å². The van der Waals surface area contributed by atoms with Gasteiger partial charge in [0.1, 0.15) is 5.57 Å². The number of hydrogen-bond acceptors (Lipinski definition) is 8. The summed E-state index contributed by atoms with van der Waals surface area (Å²) in [4.78, 5) is 41.4. The van der Waals surface area contributed by atoms with Crippen molar-refractivity contribution in [3.63, 3.8) is 0 Å². The van der Waals surface area contributed by atoms with Crippen LogP contribution in [0.25, 0.3) is 0 Å². The number of aromatic amines is 2.